The van der Waals surface area contributed by atoms with Crippen LogP contribution in [0.25, 0.3) is 0 Å². The van der Waals surface area contributed by atoms with E-state index >= 15 is 0 Å². The molecule has 134 valence electrons. The maximum absolute atomic E-state index is 13.1. The van der Waals surface area contributed by atoms with Crippen molar-refractivity contribution >= 4 is 5.91 Å². The Kier molecular flexibility index (Phi) is 5.82. The average Bonchev–Trinajstić information content (AvgIpc) is 2.67. The lowest BCUT2D eigenvalue weighted by molar-refractivity contribution is -0.917. The molecule has 3 rings (SSSR count). The SMILES string of the molecule is N#Cc1ccc(C[NH+]2CCN(C(=O)COc3cccc(F)c3)CC2)cc1. The minimum Gasteiger partial charge on any atom is -0.484 e. The summed E-state index contributed by atoms with van der Waals surface area (Å²) in [6.07, 6.45) is 0. The van der Waals surface area contributed by atoms with Crippen molar-refractivity contribution in [3.8, 4) is 11.8 Å². The molecule has 1 fully saturated rings. The molecule has 5 nitrogen and oxygen atoms in total. The number of benzene rings is 2. The van der Waals surface area contributed by atoms with Crippen LogP contribution < -0.4 is 9.64 Å². The summed E-state index contributed by atoms with van der Waals surface area (Å²) in [5.74, 6) is -0.0925. The highest BCUT2D eigenvalue weighted by Crippen LogP contribution is 2.12. The smallest absolute Gasteiger partial charge is 0.260 e. The van der Waals surface area contributed by atoms with Crippen LogP contribution >= 0.6 is 0 Å². The number of hydrogen-bond acceptors (Lipinski definition) is 3. The van der Waals surface area contributed by atoms with Gasteiger partial charge in [0, 0.05) is 11.6 Å². The van der Waals surface area contributed by atoms with Gasteiger partial charge in [0.25, 0.3) is 5.91 Å². The Balaban J connectivity index is 1.44. The summed E-state index contributed by atoms with van der Waals surface area (Å²) in [6, 6.07) is 15.5. The first kappa shape index (κ1) is 17.9. The van der Waals surface area contributed by atoms with E-state index in [1.807, 2.05) is 24.3 Å². The molecule has 0 atom stereocenters. The van der Waals surface area contributed by atoms with Crippen LogP contribution in [0.2, 0.25) is 0 Å². The van der Waals surface area contributed by atoms with Gasteiger partial charge in [-0.3, -0.25) is 4.79 Å². The molecule has 26 heavy (non-hydrogen) atoms. The average molecular weight is 354 g/mol. The number of rotatable bonds is 5. The van der Waals surface area contributed by atoms with Gasteiger partial charge in [0.2, 0.25) is 0 Å². The monoisotopic (exact) mass is 354 g/mol. The second-order valence-corrected chi connectivity index (χ2v) is 6.36. The molecule has 1 saturated heterocycles. The van der Waals surface area contributed by atoms with Gasteiger partial charge in [-0.1, -0.05) is 18.2 Å². The van der Waals surface area contributed by atoms with E-state index in [1.54, 1.807) is 17.0 Å². The molecule has 0 saturated carbocycles. The molecule has 1 N–H and O–H groups in total. The molecule has 2 aromatic carbocycles. The summed E-state index contributed by atoms with van der Waals surface area (Å²) < 4.78 is 18.5. The van der Waals surface area contributed by atoms with Gasteiger partial charge in [0.1, 0.15) is 18.1 Å². The van der Waals surface area contributed by atoms with Crippen LogP contribution in [-0.2, 0) is 11.3 Å². The summed E-state index contributed by atoms with van der Waals surface area (Å²) in [5, 5.41) is 8.84. The van der Waals surface area contributed by atoms with Crippen LogP contribution in [-0.4, -0.2) is 43.6 Å². The first-order valence-electron chi connectivity index (χ1n) is 8.63. The Morgan fingerprint density at radius 2 is 1.92 bits per heavy atom. The molecule has 0 aromatic heterocycles. The van der Waals surface area contributed by atoms with Crippen LogP contribution in [0, 0.1) is 17.1 Å². The van der Waals surface area contributed by atoms with Crippen LogP contribution in [0.15, 0.2) is 48.5 Å². The van der Waals surface area contributed by atoms with Gasteiger partial charge >= 0.3 is 0 Å². The number of carbonyl (C=O) groups excluding carboxylic acids is 1. The predicted molar refractivity (Wildman–Crippen MR) is 94.0 cm³/mol. The summed E-state index contributed by atoms with van der Waals surface area (Å²) in [7, 11) is 0. The van der Waals surface area contributed by atoms with Crippen molar-refractivity contribution in [2.75, 3.05) is 32.8 Å². The molecular weight excluding hydrogens is 333 g/mol. The Hall–Kier alpha value is -2.91. The molecule has 1 amide bonds. The predicted octanol–water partition coefficient (Wildman–Crippen LogP) is 1.00. The van der Waals surface area contributed by atoms with Gasteiger partial charge in [-0.15, -0.1) is 0 Å². The number of nitrogens with one attached hydrogen (secondary N) is 1. The van der Waals surface area contributed by atoms with E-state index in [0.29, 0.717) is 24.4 Å². The zero-order valence-electron chi connectivity index (χ0n) is 14.5. The van der Waals surface area contributed by atoms with Crippen molar-refractivity contribution in [1.82, 2.24) is 4.90 Å². The fourth-order valence-corrected chi connectivity index (χ4v) is 3.03. The maximum atomic E-state index is 13.1. The molecular formula is C20H21FN3O2+. The molecule has 0 bridgehead atoms. The minimum atomic E-state index is -0.380. The van der Waals surface area contributed by atoms with E-state index in [0.717, 1.165) is 19.6 Å². The van der Waals surface area contributed by atoms with E-state index < -0.39 is 0 Å². The molecule has 0 spiro atoms. The van der Waals surface area contributed by atoms with Crippen LogP contribution in [0.1, 0.15) is 11.1 Å². The van der Waals surface area contributed by atoms with E-state index in [1.165, 1.54) is 22.6 Å². The van der Waals surface area contributed by atoms with Crippen molar-refractivity contribution in [2.45, 2.75) is 6.54 Å². The first-order valence-corrected chi connectivity index (χ1v) is 8.63. The molecule has 0 aliphatic carbocycles. The summed E-state index contributed by atoms with van der Waals surface area (Å²) in [4.78, 5) is 15.5. The van der Waals surface area contributed by atoms with Crippen LogP contribution in [0.3, 0.4) is 0 Å². The number of nitriles is 1. The number of nitrogens with zero attached hydrogens (tertiary/aromatic N) is 2. The van der Waals surface area contributed by atoms with Crippen molar-refractivity contribution in [1.29, 1.82) is 5.26 Å². The molecule has 0 radical (unpaired) electrons. The van der Waals surface area contributed by atoms with Crippen molar-refractivity contribution in [2.24, 2.45) is 0 Å². The number of quaternary nitrogens is 1. The number of amides is 1. The van der Waals surface area contributed by atoms with Crippen LogP contribution in [0.5, 0.6) is 5.75 Å². The topological polar surface area (TPSA) is 57.8 Å². The highest BCUT2D eigenvalue weighted by Gasteiger charge is 2.24. The van der Waals surface area contributed by atoms with Gasteiger partial charge in [-0.25, -0.2) is 4.39 Å². The third-order valence-electron chi connectivity index (χ3n) is 4.52. The standard InChI is InChI=1S/C20H20FN3O2/c21-18-2-1-3-19(12-18)26-15-20(25)24-10-8-23(9-11-24)14-17-6-4-16(13-22)5-7-17/h1-7,12H,8-11,14-15H2/p+1. The number of piperazine rings is 1. The first-order chi connectivity index (χ1) is 12.6. The Morgan fingerprint density at radius 1 is 1.19 bits per heavy atom. The third kappa shape index (κ3) is 4.80. The third-order valence-corrected chi connectivity index (χ3v) is 4.52. The highest BCUT2D eigenvalue weighted by atomic mass is 19.1. The molecule has 2 aromatic rings. The maximum Gasteiger partial charge on any atom is 0.260 e. The van der Waals surface area contributed by atoms with Crippen molar-refractivity contribution in [3.05, 3.63) is 65.5 Å². The number of ether oxygens (including phenoxy) is 1. The number of halogens is 1. The highest BCUT2D eigenvalue weighted by molar-refractivity contribution is 5.77. The minimum absolute atomic E-state index is 0.0750. The number of carbonyl (C=O) groups is 1. The second-order valence-electron chi connectivity index (χ2n) is 6.36. The quantitative estimate of drug-likeness (QED) is 0.872. The van der Waals surface area contributed by atoms with E-state index in [9.17, 15) is 9.18 Å². The molecule has 1 aliphatic rings. The lowest BCUT2D eigenvalue weighted by atomic mass is 10.1. The zero-order valence-corrected chi connectivity index (χ0v) is 14.5. The summed E-state index contributed by atoms with van der Waals surface area (Å²) >= 11 is 0. The van der Waals surface area contributed by atoms with E-state index in [2.05, 4.69) is 6.07 Å². The van der Waals surface area contributed by atoms with Crippen molar-refractivity contribution < 1.29 is 18.8 Å². The van der Waals surface area contributed by atoms with Gasteiger partial charge in [0.15, 0.2) is 6.61 Å². The lowest BCUT2D eigenvalue weighted by Crippen LogP contribution is -3.13. The molecule has 0 unspecified atom stereocenters. The Labute approximate surface area is 152 Å². The van der Waals surface area contributed by atoms with Gasteiger partial charge in [-0.2, -0.15) is 5.26 Å². The number of hydrogen-bond donors (Lipinski definition) is 1. The van der Waals surface area contributed by atoms with Gasteiger partial charge < -0.3 is 14.5 Å². The van der Waals surface area contributed by atoms with Gasteiger partial charge in [-0.05, 0) is 24.3 Å². The van der Waals surface area contributed by atoms with Gasteiger partial charge in [0.05, 0.1) is 37.8 Å². The molecule has 1 heterocycles. The second kappa shape index (κ2) is 8.45. The Morgan fingerprint density at radius 3 is 2.58 bits per heavy atom. The fraction of sp³-hybridized carbons (Fsp3) is 0.300. The Bertz CT molecular complexity index is 793. The summed E-state index contributed by atoms with van der Waals surface area (Å²) in [5.41, 5.74) is 1.85. The lowest BCUT2D eigenvalue weighted by Gasteiger charge is -2.32. The van der Waals surface area contributed by atoms with Crippen molar-refractivity contribution in [3.63, 3.8) is 0 Å². The molecule has 6 heteroatoms. The normalized spacial score (nSPS) is 14.7. The largest absolute Gasteiger partial charge is 0.484 e. The fourth-order valence-electron chi connectivity index (χ4n) is 3.03. The van der Waals surface area contributed by atoms with E-state index in [-0.39, 0.29) is 18.3 Å². The summed E-state index contributed by atoms with van der Waals surface area (Å²) in [6.45, 7) is 3.90. The van der Waals surface area contributed by atoms with Crippen LogP contribution in [0.4, 0.5) is 4.39 Å². The zero-order chi connectivity index (χ0) is 18.4. The van der Waals surface area contributed by atoms with E-state index in [4.69, 9.17) is 10.00 Å². The molecule has 1 aliphatic heterocycles.